The smallest absolute Gasteiger partial charge is 0.191 e. The van der Waals surface area contributed by atoms with Crippen molar-refractivity contribution in [2.45, 2.75) is 33.1 Å². The Morgan fingerprint density at radius 3 is 2.68 bits per heavy atom. The number of rotatable bonds is 6. The van der Waals surface area contributed by atoms with Gasteiger partial charge >= 0.3 is 0 Å². The van der Waals surface area contributed by atoms with E-state index >= 15 is 0 Å². The van der Waals surface area contributed by atoms with Crippen molar-refractivity contribution in [1.29, 1.82) is 0 Å². The van der Waals surface area contributed by atoms with Crippen molar-refractivity contribution in [3.05, 3.63) is 51.9 Å². The zero-order chi connectivity index (χ0) is 17.5. The summed E-state index contributed by atoms with van der Waals surface area (Å²) in [7, 11) is 1.77. The molecule has 1 unspecified atom stereocenters. The predicted molar refractivity (Wildman–Crippen MR) is 114 cm³/mol. The number of halogens is 2. The first kappa shape index (κ1) is 21.8. The van der Waals surface area contributed by atoms with Gasteiger partial charge in [0.05, 0.1) is 5.69 Å². The molecule has 0 fully saturated rings. The molecule has 2 N–H and O–H groups in total. The molecule has 0 aliphatic carbocycles. The monoisotopic (exact) mass is 476 g/mol. The maximum Gasteiger partial charge on any atom is 0.191 e. The molecule has 1 atom stereocenters. The maximum atomic E-state index is 6.00. The molecule has 1 aromatic carbocycles. The van der Waals surface area contributed by atoms with Gasteiger partial charge in [-0.15, -0.1) is 24.0 Å². The molecule has 0 saturated heterocycles. The van der Waals surface area contributed by atoms with Gasteiger partial charge < -0.3 is 15.2 Å². The van der Waals surface area contributed by atoms with E-state index < -0.39 is 0 Å². The molecule has 7 heteroatoms. The minimum atomic E-state index is 0. The fourth-order valence-electron chi connectivity index (χ4n) is 2.78. The van der Waals surface area contributed by atoms with Crippen LogP contribution in [-0.4, -0.2) is 31.3 Å². The molecular weight excluding hydrogens is 451 g/mol. The second kappa shape index (κ2) is 10.7. The van der Waals surface area contributed by atoms with E-state index in [4.69, 9.17) is 16.1 Å². The molecule has 0 bridgehead atoms. The molecule has 0 spiro atoms. The zero-order valence-electron chi connectivity index (χ0n) is 15.1. The molecule has 1 aromatic heterocycles. The van der Waals surface area contributed by atoms with Crippen LogP contribution in [0.1, 0.15) is 35.4 Å². The molecule has 0 saturated carbocycles. The lowest BCUT2D eigenvalue weighted by Crippen LogP contribution is -2.40. The number of guanidine groups is 1. The maximum absolute atomic E-state index is 6.00. The molecule has 0 aliphatic rings. The lowest BCUT2D eigenvalue weighted by Gasteiger charge is -2.16. The lowest BCUT2D eigenvalue weighted by atomic mass is 10.00. The van der Waals surface area contributed by atoms with Gasteiger partial charge in [0.2, 0.25) is 0 Å². The van der Waals surface area contributed by atoms with Crippen LogP contribution < -0.4 is 10.6 Å². The quantitative estimate of drug-likeness (QED) is 0.375. The Hall–Kier alpha value is -1.28. The SMILES string of the molecule is CN=C(NCCc1cccc(Cl)c1)NCC(C)c1c(C)noc1C.I. The van der Waals surface area contributed by atoms with Crippen molar-refractivity contribution < 1.29 is 4.52 Å². The third-order valence-corrected chi connectivity index (χ3v) is 4.21. The topological polar surface area (TPSA) is 62.5 Å². The number of benzene rings is 1. The lowest BCUT2D eigenvalue weighted by molar-refractivity contribution is 0.391. The number of hydrogen-bond acceptors (Lipinski definition) is 3. The average Bonchev–Trinajstić information content (AvgIpc) is 2.89. The number of aryl methyl sites for hydroxylation is 2. The van der Waals surface area contributed by atoms with Gasteiger partial charge in [-0.05, 0) is 38.0 Å². The van der Waals surface area contributed by atoms with E-state index in [2.05, 4.69) is 33.8 Å². The van der Waals surface area contributed by atoms with E-state index in [1.807, 2.05) is 32.0 Å². The largest absolute Gasteiger partial charge is 0.361 e. The van der Waals surface area contributed by atoms with Crippen LogP contribution in [0.4, 0.5) is 0 Å². The van der Waals surface area contributed by atoms with Gasteiger partial charge in [-0.1, -0.05) is 35.8 Å². The summed E-state index contributed by atoms with van der Waals surface area (Å²) in [6, 6.07) is 7.91. The first-order valence-electron chi connectivity index (χ1n) is 8.13. The summed E-state index contributed by atoms with van der Waals surface area (Å²) in [4.78, 5) is 4.26. The highest BCUT2D eigenvalue weighted by molar-refractivity contribution is 14.0. The third kappa shape index (κ3) is 6.51. The molecular formula is C18H26ClIN4O. The van der Waals surface area contributed by atoms with Crippen LogP contribution in [0.15, 0.2) is 33.8 Å². The van der Waals surface area contributed by atoms with Crippen LogP contribution in [0, 0.1) is 13.8 Å². The highest BCUT2D eigenvalue weighted by Crippen LogP contribution is 2.22. The van der Waals surface area contributed by atoms with Crippen LogP contribution in [-0.2, 0) is 6.42 Å². The van der Waals surface area contributed by atoms with Crippen molar-refractivity contribution in [2.75, 3.05) is 20.1 Å². The summed E-state index contributed by atoms with van der Waals surface area (Å²) in [5, 5.41) is 11.5. The number of hydrogen-bond donors (Lipinski definition) is 2. The van der Waals surface area contributed by atoms with E-state index in [0.717, 1.165) is 47.5 Å². The van der Waals surface area contributed by atoms with E-state index in [1.54, 1.807) is 7.05 Å². The Morgan fingerprint density at radius 2 is 2.08 bits per heavy atom. The van der Waals surface area contributed by atoms with Crippen LogP contribution in [0.3, 0.4) is 0 Å². The second-order valence-electron chi connectivity index (χ2n) is 5.90. The summed E-state index contributed by atoms with van der Waals surface area (Å²) in [6.07, 6.45) is 0.890. The van der Waals surface area contributed by atoms with Crippen molar-refractivity contribution in [3.63, 3.8) is 0 Å². The molecule has 0 radical (unpaired) electrons. The Kier molecular flexibility index (Phi) is 9.27. The van der Waals surface area contributed by atoms with Crippen molar-refractivity contribution >= 4 is 41.5 Å². The van der Waals surface area contributed by atoms with Crippen molar-refractivity contribution in [1.82, 2.24) is 15.8 Å². The third-order valence-electron chi connectivity index (χ3n) is 3.98. The van der Waals surface area contributed by atoms with E-state index in [9.17, 15) is 0 Å². The van der Waals surface area contributed by atoms with Crippen LogP contribution in [0.25, 0.3) is 0 Å². The molecule has 2 aromatic rings. The number of nitrogens with one attached hydrogen (secondary N) is 2. The minimum absolute atomic E-state index is 0. The van der Waals surface area contributed by atoms with Crippen LogP contribution in [0.2, 0.25) is 5.02 Å². The summed E-state index contributed by atoms with van der Waals surface area (Å²) in [5.41, 5.74) is 3.32. The number of nitrogens with zero attached hydrogens (tertiary/aromatic N) is 2. The Bertz CT molecular complexity index is 683. The Balaban J connectivity index is 0.00000312. The van der Waals surface area contributed by atoms with Gasteiger partial charge in [-0.2, -0.15) is 0 Å². The first-order valence-corrected chi connectivity index (χ1v) is 8.50. The van der Waals surface area contributed by atoms with E-state index in [0.29, 0.717) is 5.92 Å². The molecule has 25 heavy (non-hydrogen) atoms. The summed E-state index contributed by atoms with van der Waals surface area (Å²) >= 11 is 6.00. The van der Waals surface area contributed by atoms with Crippen LogP contribution in [0.5, 0.6) is 0 Å². The number of aliphatic imine (C=N–C) groups is 1. The zero-order valence-corrected chi connectivity index (χ0v) is 18.2. The standard InChI is InChI=1S/C18H25ClN4O.HI/c1-12(17-13(2)23-24-14(17)3)11-22-18(20-4)21-9-8-15-6-5-7-16(19)10-15;/h5-7,10,12H,8-9,11H2,1-4H3,(H2,20,21,22);1H. The van der Waals surface area contributed by atoms with Gasteiger partial charge in [0.15, 0.2) is 5.96 Å². The Labute approximate surface area is 171 Å². The van der Waals surface area contributed by atoms with Gasteiger partial charge in [-0.3, -0.25) is 4.99 Å². The van der Waals surface area contributed by atoms with Crippen LogP contribution >= 0.6 is 35.6 Å². The summed E-state index contributed by atoms with van der Waals surface area (Å²) in [6.45, 7) is 7.63. The Morgan fingerprint density at radius 1 is 1.32 bits per heavy atom. The van der Waals surface area contributed by atoms with Crippen molar-refractivity contribution in [2.24, 2.45) is 4.99 Å². The minimum Gasteiger partial charge on any atom is -0.361 e. The first-order chi connectivity index (χ1) is 11.5. The molecule has 0 amide bonds. The normalized spacial score (nSPS) is 12.4. The molecule has 0 aliphatic heterocycles. The van der Waals surface area contributed by atoms with E-state index in [-0.39, 0.29) is 24.0 Å². The highest BCUT2D eigenvalue weighted by Gasteiger charge is 2.16. The molecule has 2 rings (SSSR count). The molecule has 5 nitrogen and oxygen atoms in total. The highest BCUT2D eigenvalue weighted by atomic mass is 127. The summed E-state index contributed by atoms with van der Waals surface area (Å²) in [5.74, 6) is 1.96. The molecule has 1 heterocycles. The fraction of sp³-hybridized carbons (Fsp3) is 0.444. The summed E-state index contributed by atoms with van der Waals surface area (Å²) < 4.78 is 5.24. The number of aromatic nitrogens is 1. The van der Waals surface area contributed by atoms with E-state index in [1.165, 1.54) is 5.56 Å². The van der Waals surface area contributed by atoms with Gasteiger partial charge in [0, 0.05) is 36.6 Å². The van der Waals surface area contributed by atoms with Crippen molar-refractivity contribution in [3.8, 4) is 0 Å². The average molecular weight is 477 g/mol. The van der Waals surface area contributed by atoms with Gasteiger partial charge in [-0.25, -0.2) is 0 Å². The van der Waals surface area contributed by atoms with Gasteiger partial charge in [0.25, 0.3) is 0 Å². The predicted octanol–water partition coefficient (Wildman–Crippen LogP) is 4.07. The van der Waals surface area contributed by atoms with Gasteiger partial charge in [0.1, 0.15) is 5.76 Å². The molecule has 138 valence electrons. The fourth-order valence-corrected chi connectivity index (χ4v) is 3.00. The second-order valence-corrected chi connectivity index (χ2v) is 6.34.